The third-order valence-electron chi connectivity index (χ3n) is 0.743. The van der Waals surface area contributed by atoms with Crippen LogP contribution in [0.4, 0.5) is 0 Å². The molecule has 0 amide bonds. The van der Waals surface area contributed by atoms with E-state index in [0.29, 0.717) is 0 Å². The van der Waals surface area contributed by atoms with Crippen molar-refractivity contribution >= 4 is 35.7 Å². The molecule has 0 spiro atoms. The van der Waals surface area contributed by atoms with E-state index in [0.717, 1.165) is 4.90 Å². The minimum atomic E-state index is 0. The van der Waals surface area contributed by atoms with Crippen LogP contribution < -0.4 is 12.4 Å². The summed E-state index contributed by atoms with van der Waals surface area (Å²) in [4.78, 5) is 0.905. The molecule has 0 unspecified atom stereocenters. The maximum absolute atomic E-state index is 4.81. The van der Waals surface area contributed by atoms with Crippen molar-refractivity contribution in [1.29, 1.82) is 0 Å². The van der Waals surface area contributed by atoms with Gasteiger partial charge in [0.05, 0.1) is 0 Å². The minimum Gasteiger partial charge on any atom is -1.00 e. The average molecular weight is 262 g/mol. The first-order valence-electron chi connectivity index (χ1n) is 2.82. The number of halogens is 1. The van der Waals surface area contributed by atoms with E-state index in [-0.39, 0.29) is 52.5 Å². The van der Waals surface area contributed by atoms with Gasteiger partial charge in [0.15, 0.2) is 0 Å². The zero-order valence-electron chi connectivity index (χ0n) is 6.89. The molecule has 0 fully saturated rings. The van der Waals surface area contributed by atoms with Crippen LogP contribution in [-0.2, 0) is 29.7 Å². The molecule has 0 heterocycles. The molecular formula is C8H10ClCuMgS. The second kappa shape index (κ2) is 17.9. The van der Waals surface area contributed by atoms with Gasteiger partial charge in [-0.25, -0.2) is 0 Å². The normalized spacial score (nSPS) is 5.50. The Balaban J connectivity index is -0.0000000600. The Morgan fingerprint density at radius 2 is 1.42 bits per heavy atom. The largest absolute Gasteiger partial charge is 2.00 e. The zero-order valence-corrected chi connectivity index (χ0v) is 10.8. The van der Waals surface area contributed by atoms with Crippen LogP contribution in [0.15, 0.2) is 35.2 Å². The second-order valence-electron chi connectivity index (χ2n) is 1.31. The van der Waals surface area contributed by atoms with Gasteiger partial charge in [0, 0.05) is 0 Å². The van der Waals surface area contributed by atoms with Crippen molar-refractivity contribution in [2.24, 2.45) is 0 Å². The van der Waals surface area contributed by atoms with Gasteiger partial charge in [-0.3, -0.25) is 0 Å². The molecule has 12 heavy (non-hydrogen) atoms. The summed E-state index contributed by atoms with van der Waals surface area (Å²) in [5.41, 5.74) is 0. The van der Waals surface area contributed by atoms with Crippen LogP contribution in [0.25, 0.3) is 0 Å². The van der Waals surface area contributed by atoms with Gasteiger partial charge in [-0.05, 0) is 0 Å². The van der Waals surface area contributed by atoms with Crippen molar-refractivity contribution in [3.05, 3.63) is 37.3 Å². The quantitative estimate of drug-likeness (QED) is 0.330. The first-order chi connectivity index (χ1) is 4.39. The topological polar surface area (TPSA) is 0 Å². The fraction of sp³-hybridized carbons (Fsp3) is 0.125. The fourth-order valence-electron chi connectivity index (χ4n) is 0.420. The molecule has 0 aromatic heterocycles. The van der Waals surface area contributed by atoms with Gasteiger partial charge in [-0.15, -0.1) is 0 Å². The van der Waals surface area contributed by atoms with E-state index in [2.05, 4.69) is 6.92 Å². The smallest absolute Gasteiger partial charge is 1.00 e. The van der Waals surface area contributed by atoms with Gasteiger partial charge in [0.2, 0.25) is 0 Å². The standard InChI is InChI=1S/C6H6S.C2H5.ClH.Cu.Mg/c7-6-4-2-1-3-5-6;1-2;;;/h1-5,7H;1H2,2H3;1H;;/q;-1;;+1;+2/p-2. The van der Waals surface area contributed by atoms with Crippen molar-refractivity contribution in [2.75, 3.05) is 0 Å². The maximum atomic E-state index is 4.81. The number of benzene rings is 1. The van der Waals surface area contributed by atoms with Crippen LogP contribution >= 0.6 is 0 Å². The monoisotopic (exact) mass is 260 g/mol. The van der Waals surface area contributed by atoms with Crippen molar-refractivity contribution in [2.45, 2.75) is 11.8 Å². The van der Waals surface area contributed by atoms with Crippen LogP contribution in [-0.4, -0.2) is 23.1 Å². The zero-order chi connectivity index (χ0) is 7.11. The fourth-order valence-corrected chi connectivity index (χ4v) is 0.578. The minimum absolute atomic E-state index is 0. The molecule has 0 radical (unpaired) electrons. The molecule has 0 N–H and O–H groups in total. The van der Waals surface area contributed by atoms with Crippen molar-refractivity contribution in [1.82, 2.24) is 0 Å². The molecule has 0 aliphatic heterocycles. The third-order valence-corrected chi connectivity index (χ3v) is 1.02. The van der Waals surface area contributed by atoms with E-state index < -0.39 is 0 Å². The summed E-state index contributed by atoms with van der Waals surface area (Å²) in [7, 11) is 0. The molecule has 0 saturated carbocycles. The average Bonchev–Trinajstić information content (AvgIpc) is 1.94. The van der Waals surface area contributed by atoms with Crippen molar-refractivity contribution in [3.63, 3.8) is 0 Å². The molecule has 68 valence electrons. The van der Waals surface area contributed by atoms with E-state index >= 15 is 0 Å². The molecule has 1 aromatic carbocycles. The summed E-state index contributed by atoms with van der Waals surface area (Å²) in [6.07, 6.45) is 0. The van der Waals surface area contributed by atoms with Crippen LogP contribution in [0.2, 0.25) is 0 Å². The van der Waals surface area contributed by atoms with E-state index in [1.54, 1.807) is 6.92 Å². The Labute approximate surface area is 113 Å². The molecule has 0 nitrogen and oxygen atoms in total. The molecular weight excluding hydrogens is 251 g/mol. The summed E-state index contributed by atoms with van der Waals surface area (Å²) >= 11 is 4.81. The summed E-state index contributed by atoms with van der Waals surface area (Å²) in [6.45, 7) is 5.00. The summed E-state index contributed by atoms with van der Waals surface area (Å²) in [5, 5.41) is 0. The van der Waals surface area contributed by atoms with Gasteiger partial charge < -0.3 is 32.0 Å². The van der Waals surface area contributed by atoms with Gasteiger partial charge in [0.25, 0.3) is 0 Å². The molecule has 0 saturated heterocycles. The van der Waals surface area contributed by atoms with Crippen LogP contribution in [0.1, 0.15) is 6.92 Å². The number of hydrogen-bond acceptors (Lipinski definition) is 1. The van der Waals surface area contributed by atoms with Crippen LogP contribution in [0.3, 0.4) is 0 Å². The summed E-state index contributed by atoms with van der Waals surface area (Å²) < 4.78 is 0. The van der Waals surface area contributed by atoms with Gasteiger partial charge in [0.1, 0.15) is 0 Å². The van der Waals surface area contributed by atoms with Gasteiger partial charge in [-0.1, -0.05) is 30.3 Å². The molecule has 1 aromatic rings. The Bertz CT molecular complexity index is 149. The Hall–Kier alpha value is 1.02. The van der Waals surface area contributed by atoms with E-state index in [4.69, 9.17) is 12.6 Å². The van der Waals surface area contributed by atoms with Crippen LogP contribution in [0, 0.1) is 6.92 Å². The molecule has 4 heteroatoms. The van der Waals surface area contributed by atoms with E-state index in [9.17, 15) is 0 Å². The first kappa shape index (κ1) is 23.1. The molecule has 0 aliphatic rings. The maximum Gasteiger partial charge on any atom is 2.00 e. The first-order valence-corrected chi connectivity index (χ1v) is 3.23. The Kier molecular flexibility index (Phi) is 34.6. The number of hydrogen-bond donors (Lipinski definition) is 0. The van der Waals surface area contributed by atoms with E-state index in [1.807, 2.05) is 30.3 Å². The number of rotatable bonds is 0. The SMILES string of the molecule is [CH2-]C.[Cl-].[Cu+].[Mg+2].[S-]c1ccccc1. The van der Waals surface area contributed by atoms with E-state index in [1.165, 1.54) is 0 Å². The van der Waals surface area contributed by atoms with Crippen molar-refractivity contribution in [3.8, 4) is 0 Å². The molecule has 0 aliphatic carbocycles. The van der Waals surface area contributed by atoms with Gasteiger partial charge >= 0.3 is 40.1 Å². The predicted octanol–water partition coefficient (Wildman–Crippen LogP) is -0.947. The molecule has 1 rings (SSSR count). The summed E-state index contributed by atoms with van der Waals surface area (Å²) in [6, 6.07) is 9.62. The predicted molar refractivity (Wildman–Crippen MR) is 48.9 cm³/mol. The summed E-state index contributed by atoms with van der Waals surface area (Å²) in [5.74, 6) is 0. The van der Waals surface area contributed by atoms with Crippen LogP contribution in [0.5, 0.6) is 0 Å². The molecule has 0 bridgehead atoms. The Morgan fingerprint density at radius 1 is 1.08 bits per heavy atom. The second-order valence-corrected chi connectivity index (χ2v) is 1.78. The molecule has 0 atom stereocenters. The van der Waals surface area contributed by atoms with Crippen molar-refractivity contribution < 1.29 is 29.5 Å². The third kappa shape index (κ3) is 13.6. The van der Waals surface area contributed by atoms with Gasteiger partial charge in [-0.2, -0.15) is 11.8 Å². The Morgan fingerprint density at radius 3 is 1.58 bits per heavy atom.